The number of carboxylic acid groups (broad SMARTS) is 1. The molecule has 1 unspecified atom stereocenters. The number of allylic oxidation sites excluding steroid dienone is 2. The average molecular weight is 346 g/mol. The molecule has 138 valence electrons. The first kappa shape index (κ1) is 18.5. The number of carbonyl (C=O) groups is 1. The second-order valence-electron chi connectivity index (χ2n) is 7.99. The van der Waals surface area contributed by atoms with Crippen LogP contribution in [0.25, 0.3) is 0 Å². The Hall–Kier alpha value is -1.31. The number of aliphatic hydroxyl groups excluding tert-OH is 2. The molecule has 3 aliphatic carbocycles. The molecule has 0 heterocycles. The first-order chi connectivity index (χ1) is 12.1. The summed E-state index contributed by atoms with van der Waals surface area (Å²) in [6.07, 6.45) is 10.3. The van der Waals surface area contributed by atoms with E-state index in [1.807, 2.05) is 0 Å². The summed E-state index contributed by atoms with van der Waals surface area (Å²) < 4.78 is 0. The van der Waals surface area contributed by atoms with E-state index >= 15 is 0 Å². The van der Waals surface area contributed by atoms with Gasteiger partial charge in [0.1, 0.15) is 6.10 Å². The molecule has 0 aliphatic heterocycles. The van der Waals surface area contributed by atoms with Gasteiger partial charge < -0.3 is 15.3 Å². The summed E-state index contributed by atoms with van der Waals surface area (Å²) in [6.45, 7) is 0. The lowest BCUT2D eigenvalue weighted by molar-refractivity contribution is -0.137. The van der Waals surface area contributed by atoms with Crippen LogP contribution in [0.3, 0.4) is 0 Å². The number of hydrogen-bond donors (Lipinski definition) is 3. The third kappa shape index (κ3) is 4.46. The van der Waals surface area contributed by atoms with Crippen LogP contribution >= 0.6 is 0 Å². The molecule has 3 saturated carbocycles. The van der Waals surface area contributed by atoms with Gasteiger partial charge in [0.25, 0.3) is 0 Å². The molecule has 0 aromatic carbocycles. The first-order valence-electron chi connectivity index (χ1n) is 9.84. The topological polar surface area (TPSA) is 77.8 Å². The molecular formula is C21H30O4. The van der Waals surface area contributed by atoms with Crippen LogP contribution in [0.15, 0.2) is 11.6 Å². The van der Waals surface area contributed by atoms with Crippen LogP contribution < -0.4 is 0 Å². The summed E-state index contributed by atoms with van der Waals surface area (Å²) in [7, 11) is 0. The predicted molar refractivity (Wildman–Crippen MR) is 95.6 cm³/mol. The van der Waals surface area contributed by atoms with E-state index in [0.29, 0.717) is 24.2 Å². The maximum absolute atomic E-state index is 10.6. The number of carboxylic acids is 1. The Kier molecular flexibility index (Phi) is 6.19. The number of aliphatic carboxylic acids is 1. The van der Waals surface area contributed by atoms with Crippen molar-refractivity contribution in [1.82, 2.24) is 0 Å². The van der Waals surface area contributed by atoms with Crippen LogP contribution in [-0.4, -0.2) is 33.5 Å². The van der Waals surface area contributed by atoms with Gasteiger partial charge in [0.2, 0.25) is 0 Å². The summed E-state index contributed by atoms with van der Waals surface area (Å²) >= 11 is 0. The molecule has 4 nitrogen and oxygen atoms in total. The van der Waals surface area contributed by atoms with Gasteiger partial charge in [-0.05, 0) is 62.7 Å². The van der Waals surface area contributed by atoms with E-state index in [0.717, 1.165) is 38.5 Å². The molecule has 3 rings (SSSR count). The van der Waals surface area contributed by atoms with Crippen LogP contribution in [0.2, 0.25) is 0 Å². The molecule has 0 saturated heterocycles. The van der Waals surface area contributed by atoms with Crippen LogP contribution in [0.4, 0.5) is 0 Å². The highest BCUT2D eigenvalue weighted by molar-refractivity contribution is 5.66. The summed E-state index contributed by atoms with van der Waals surface area (Å²) in [5, 5.41) is 29.3. The second kappa shape index (κ2) is 8.38. The van der Waals surface area contributed by atoms with Gasteiger partial charge in [-0.15, -0.1) is 0 Å². The molecule has 4 heteroatoms. The molecule has 5 atom stereocenters. The third-order valence-corrected chi connectivity index (χ3v) is 6.36. The summed E-state index contributed by atoms with van der Waals surface area (Å²) in [5.41, 5.74) is 1.42. The highest BCUT2D eigenvalue weighted by atomic mass is 16.4. The maximum Gasteiger partial charge on any atom is 0.303 e. The standard InChI is InChI=1S/C21H30O4/c22-19(14-5-1-2-6-14)11-10-17-18-13-15(7-3-4-8-21(24)25)16(18)9-12-20(17)23/h7,14,16-20,22-23H,1-6,8-9,12-13H2,(H,24,25)/b15-7-/t16-,17-,18+,19?,20-/m0/s1. The normalized spacial score (nSPS) is 34.7. The molecule has 3 fully saturated rings. The van der Waals surface area contributed by atoms with Gasteiger partial charge in [-0.2, -0.15) is 0 Å². The van der Waals surface area contributed by atoms with Crippen LogP contribution in [0.5, 0.6) is 0 Å². The Morgan fingerprint density at radius 1 is 1.24 bits per heavy atom. The van der Waals surface area contributed by atoms with E-state index in [1.54, 1.807) is 0 Å². The molecule has 0 aromatic heterocycles. The molecule has 3 N–H and O–H groups in total. The van der Waals surface area contributed by atoms with Gasteiger partial charge in [0.15, 0.2) is 0 Å². The van der Waals surface area contributed by atoms with Crippen molar-refractivity contribution in [3.8, 4) is 11.8 Å². The molecular weight excluding hydrogens is 316 g/mol. The van der Waals surface area contributed by atoms with Gasteiger partial charge in [-0.1, -0.05) is 36.3 Å². The molecule has 0 spiro atoms. The van der Waals surface area contributed by atoms with Crippen molar-refractivity contribution in [2.45, 2.75) is 76.4 Å². The number of rotatable bonds is 5. The van der Waals surface area contributed by atoms with Crippen LogP contribution in [0, 0.1) is 35.5 Å². The quantitative estimate of drug-likeness (QED) is 0.406. The Morgan fingerprint density at radius 2 is 2.00 bits per heavy atom. The molecule has 0 amide bonds. The summed E-state index contributed by atoms with van der Waals surface area (Å²) in [6, 6.07) is 0. The Labute approximate surface area is 150 Å². The Balaban J connectivity index is 1.55. The van der Waals surface area contributed by atoms with E-state index < -0.39 is 12.1 Å². The highest BCUT2D eigenvalue weighted by Crippen LogP contribution is 2.51. The zero-order chi connectivity index (χ0) is 17.8. The van der Waals surface area contributed by atoms with E-state index in [4.69, 9.17) is 5.11 Å². The summed E-state index contributed by atoms with van der Waals surface area (Å²) in [5.74, 6) is 6.73. The van der Waals surface area contributed by atoms with Gasteiger partial charge in [0, 0.05) is 6.42 Å². The molecule has 3 aliphatic rings. The third-order valence-electron chi connectivity index (χ3n) is 6.36. The monoisotopic (exact) mass is 346 g/mol. The van der Waals surface area contributed by atoms with Crippen LogP contribution in [0.1, 0.15) is 64.2 Å². The fourth-order valence-corrected chi connectivity index (χ4v) is 4.82. The van der Waals surface area contributed by atoms with Crippen molar-refractivity contribution in [3.63, 3.8) is 0 Å². The molecule has 0 bridgehead atoms. The lowest BCUT2D eigenvalue weighted by Crippen LogP contribution is -2.44. The molecule has 25 heavy (non-hydrogen) atoms. The van der Waals surface area contributed by atoms with Crippen LogP contribution in [-0.2, 0) is 4.79 Å². The van der Waals surface area contributed by atoms with E-state index in [9.17, 15) is 15.0 Å². The van der Waals surface area contributed by atoms with Gasteiger partial charge in [-0.3, -0.25) is 4.79 Å². The lowest BCUT2D eigenvalue weighted by Gasteiger charge is -2.48. The zero-order valence-corrected chi connectivity index (χ0v) is 14.9. The first-order valence-corrected chi connectivity index (χ1v) is 9.84. The predicted octanol–water partition coefficient (Wildman–Crippen LogP) is 3.13. The minimum atomic E-state index is -0.734. The molecule has 0 aromatic rings. The fourth-order valence-electron chi connectivity index (χ4n) is 4.82. The van der Waals surface area contributed by atoms with E-state index in [-0.39, 0.29) is 18.4 Å². The van der Waals surface area contributed by atoms with Crippen molar-refractivity contribution >= 4 is 5.97 Å². The second-order valence-corrected chi connectivity index (χ2v) is 7.99. The SMILES string of the molecule is O=C(O)CCC/C=C1/C[C@H]2[C@H](C#CC(O)C3CCCC3)[C@@H](O)CC[C@@H]12. The van der Waals surface area contributed by atoms with Crippen molar-refractivity contribution in [2.24, 2.45) is 23.7 Å². The van der Waals surface area contributed by atoms with E-state index in [1.165, 1.54) is 18.4 Å². The van der Waals surface area contributed by atoms with Crippen molar-refractivity contribution in [1.29, 1.82) is 0 Å². The smallest absolute Gasteiger partial charge is 0.303 e. The number of fused-ring (bicyclic) bond motifs is 1. The number of aliphatic hydroxyl groups is 2. The van der Waals surface area contributed by atoms with Gasteiger partial charge in [0.05, 0.1) is 12.0 Å². The highest BCUT2D eigenvalue weighted by Gasteiger charge is 2.46. The van der Waals surface area contributed by atoms with Crippen molar-refractivity contribution < 1.29 is 20.1 Å². The van der Waals surface area contributed by atoms with Gasteiger partial charge in [-0.25, -0.2) is 0 Å². The minimum Gasteiger partial charge on any atom is -0.481 e. The zero-order valence-electron chi connectivity index (χ0n) is 14.9. The lowest BCUT2D eigenvalue weighted by atomic mass is 9.57. The van der Waals surface area contributed by atoms with E-state index in [2.05, 4.69) is 17.9 Å². The van der Waals surface area contributed by atoms with Gasteiger partial charge >= 0.3 is 5.97 Å². The molecule has 0 radical (unpaired) electrons. The number of hydrogen-bond acceptors (Lipinski definition) is 3. The largest absolute Gasteiger partial charge is 0.481 e. The average Bonchev–Trinajstić information content (AvgIpc) is 3.09. The summed E-state index contributed by atoms with van der Waals surface area (Å²) in [4.78, 5) is 10.6. The number of unbranched alkanes of at least 4 members (excludes halogenated alkanes) is 1. The van der Waals surface area contributed by atoms with Crippen molar-refractivity contribution in [3.05, 3.63) is 11.6 Å². The Morgan fingerprint density at radius 3 is 2.72 bits per heavy atom. The minimum absolute atomic E-state index is 0.0222. The van der Waals surface area contributed by atoms with Crippen molar-refractivity contribution in [2.75, 3.05) is 0 Å². The fraction of sp³-hybridized carbons (Fsp3) is 0.762. The maximum atomic E-state index is 10.6. The Bertz CT molecular complexity index is 564.